The fraction of sp³-hybridized carbons (Fsp3) is 0.696. The van der Waals surface area contributed by atoms with Gasteiger partial charge in [-0.3, -0.25) is 9.36 Å². The molecule has 0 N–H and O–H groups in total. The largest absolute Gasteiger partial charge is 0.509 e. The SMILES string of the molecule is C=C(CCC=O)[C@]12CC[C@H](OC(=O)O1)[C@H]2/C=C(\CCC(C(=O)OC)P(=O)(OC)OC)C(C)C. The zero-order valence-electron chi connectivity index (χ0n) is 20.0. The Labute approximate surface area is 195 Å². The van der Waals surface area contributed by atoms with Crippen LogP contribution in [0.3, 0.4) is 0 Å². The van der Waals surface area contributed by atoms with E-state index in [0.29, 0.717) is 37.7 Å². The van der Waals surface area contributed by atoms with Gasteiger partial charge in [0.25, 0.3) is 0 Å². The number of methoxy groups -OCH3 is 1. The molecule has 1 heterocycles. The van der Waals surface area contributed by atoms with Gasteiger partial charge in [0.2, 0.25) is 0 Å². The fourth-order valence-electron chi connectivity index (χ4n) is 4.69. The van der Waals surface area contributed by atoms with E-state index in [1.807, 2.05) is 19.9 Å². The van der Waals surface area contributed by atoms with Crippen molar-refractivity contribution in [3.63, 3.8) is 0 Å². The molecule has 186 valence electrons. The lowest BCUT2D eigenvalue weighted by Crippen LogP contribution is -2.48. The van der Waals surface area contributed by atoms with E-state index in [1.165, 1.54) is 21.3 Å². The molecule has 1 unspecified atom stereocenters. The molecule has 1 aliphatic heterocycles. The lowest BCUT2D eigenvalue weighted by molar-refractivity contribution is -0.140. The predicted molar refractivity (Wildman–Crippen MR) is 121 cm³/mol. The number of hydrogen-bond acceptors (Lipinski definition) is 9. The van der Waals surface area contributed by atoms with E-state index in [9.17, 15) is 18.9 Å². The second-order valence-electron chi connectivity index (χ2n) is 8.65. The number of esters is 1. The van der Waals surface area contributed by atoms with Crippen molar-refractivity contribution < 1.29 is 42.2 Å². The molecule has 0 spiro atoms. The average Bonchev–Trinajstić information content (AvgIpc) is 3.01. The molecular formula is C23H35O9P. The van der Waals surface area contributed by atoms with Crippen molar-refractivity contribution in [1.82, 2.24) is 0 Å². The molecule has 2 fully saturated rings. The number of hydrogen-bond donors (Lipinski definition) is 0. The summed E-state index contributed by atoms with van der Waals surface area (Å²) >= 11 is 0. The van der Waals surface area contributed by atoms with Crippen LogP contribution in [0, 0.1) is 11.8 Å². The third-order valence-electron chi connectivity index (χ3n) is 6.62. The van der Waals surface area contributed by atoms with E-state index < -0.39 is 31.0 Å². The van der Waals surface area contributed by atoms with Gasteiger partial charge in [-0.1, -0.05) is 32.1 Å². The van der Waals surface area contributed by atoms with Crippen molar-refractivity contribution >= 4 is 26.0 Å². The Morgan fingerprint density at radius 1 is 1.27 bits per heavy atom. The zero-order valence-corrected chi connectivity index (χ0v) is 20.9. The molecule has 9 nitrogen and oxygen atoms in total. The summed E-state index contributed by atoms with van der Waals surface area (Å²) in [6.45, 7) is 8.15. The molecule has 0 aromatic carbocycles. The molecule has 0 aromatic heterocycles. The highest BCUT2D eigenvalue weighted by molar-refractivity contribution is 7.55. The second kappa shape index (κ2) is 11.4. The predicted octanol–water partition coefficient (Wildman–Crippen LogP) is 4.60. The Balaban J connectivity index is 2.36. The monoisotopic (exact) mass is 486 g/mol. The number of carbonyl (C=O) groups excluding carboxylic acids is 3. The highest BCUT2D eigenvalue weighted by Gasteiger charge is 2.57. The molecule has 33 heavy (non-hydrogen) atoms. The molecular weight excluding hydrogens is 451 g/mol. The smallest absolute Gasteiger partial charge is 0.468 e. The minimum absolute atomic E-state index is 0.0880. The van der Waals surface area contributed by atoms with E-state index in [2.05, 4.69) is 6.58 Å². The van der Waals surface area contributed by atoms with Crippen molar-refractivity contribution in [2.75, 3.05) is 21.3 Å². The Morgan fingerprint density at radius 2 is 1.94 bits per heavy atom. The summed E-state index contributed by atoms with van der Waals surface area (Å²) < 4.78 is 39.0. The van der Waals surface area contributed by atoms with Crippen LogP contribution in [0.15, 0.2) is 23.8 Å². The van der Waals surface area contributed by atoms with Gasteiger partial charge in [-0.25, -0.2) is 4.79 Å². The van der Waals surface area contributed by atoms with Crippen molar-refractivity contribution in [2.45, 2.75) is 69.7 Å². The molecule has 0 aromatic rings. The quantitative estimate of drug-likeness (QED) is 0.159. The van der Waals surface area contributed by atoms with Crippen molar-refractivity contribution in [3.8, 4) is 0 Å². The van der Waals surface area contributed by atoms with Gasteiger partial charge in [-0.2, -0.15) is 0 Å². The summed E-state index contributed by atoms with van der Waals surface area (Å²) in [6.07, 6.45) is 4.24. The molecule has 2 rings (SSSR count). The van der Waals surface area contributed by atoms with Gasteiger partial charge in [0.15, 0.2) is 5.66 Å². The first kappa shape index (κ1) is 27.3. The number of rotatable bonds is 13. The van der Waals surface area contributed by atoms with Crippen LogP contribution in [0.5, 0.6) is 0 Å². The van der Waals surface area contributed by atoms with E-state index in [-0.39, 0.29) is 24.4 Å². The van der Waals surface area contributed by atoms with Gasteiger partial charge in [-0.05, 0) is 43.6 Å². The Bertz CT molecular complexity index is 826. The van der Waals surface area contributed by atoms with Gasteiger partial charge >= 0.3 is 19.7 Å². The van der Waals surface area contributed by atoms with Gasteiger partial charge in [0.05, 0.1) is 13.0 Å². The van der Waals surface area contributed by atoms with Gasteiger partial charge in [-0.15, -0.1) is 0 Å². The molecule has 1 saturated carbocycles. The van der Waals surface area contributed by atoms with Gasteiger partial charge in [0, 0.05) is 20.6 Å². The Kier molecular flexibility index (Phi) is 9.47. The number of ether oxygens (including phenoxy) is 3. The summed E-state index contributed by atoms with van der Waals surface area (Å²) in [4.78, 5) is 35.3. The van der Waals surface area contributed by atoms with Crippen LogP contribution < -0.4 is 0 Å². The summed E-state index contributed by atoms with van der Waals surface area (Å²) in [6, 6.07) is 0. The van der Waals surface area contributed by atoms with Crippen LogP contribution >= 0.6 is 7.60 Å². The third-order valence-corrected chi connectivity index (χ3v) is 8.87. The third kappa shape index (κ3) is 5.76. The van der Waals surface area contributed by atoms with Crippen molar-refractivity contribution in [3.05, 3.63) is 23.8 Å². The Hall–Kier alpha value is -1.96. The van der Waals surface area contributed by atoms with Gasteiger partial charge in [0.1, 0.15) is 18.0 Å². The zero-order chi connectivity index (χ0) is 24.8. The molecule has 1 aliphatic carbocycles. The normalized spacial score (nSPS) is 25.9. The summed E-state index contributed by atoms with van der Waals surface area (Å²) in [5.41, 5.74) is -0.338. The molecule has 4 atom stereocenters. The lowest BCUT2D eigenvalue weighted by atomic mass is 9.78. The topological polar surface area (TPSA) is 114 Å². The standard InChI is InChI=1S/C23H35O9P/c1-15(2)17(9-10-20(21(25)28-4)33(27,29-5)30-6)14-18-19-11-12-23(18,32-22(26)31-19)16(3)8-7-13-24/h13-15,18-20H,3,7-12H2,1-2,4-6H3/b17-14+/t18-,19+,20?,23+/m1/s1. The van der Waals surface area contributed by atoms with Crippen molar-refractivity contribution in [2.24, 2.45) is 11.8 Å². The Morgan fingerprint density at radius 3 is 2.48 bits per heavy atom. The number of allylic oxidation sites excluding steroid dienone is 1. The molecule has 0 amide bonds. The van der Waals surface area contributed by atoms with Crippen LogP contribution in [0.1, 0.15) is 52.4 Å². The molecule has 2 bridgehead atoms. The van der Waals surface area contributed by atoms with E-state index >= 15 is 0 Å². The second-order valence-corrected chi connectivity index (χ2v) is 11.1. The maximum absolute atomic E-state index is 12.9. The van der Waals surface area contributed by atoms with Crippen LogP contribution in [0.4, 0.5) is 4.79 Å². The minimum atomic E-state index is -3.70. The summed E-state index contributed by atoms with van der Waals surface area (Å²) in [5, 5.41) is 0. The molecule has 0 radical (unpaired) electrons. The molecule has 10 heteroatoms. The minimum Gasteiger partial charge on any atom is -0.468 e. The van der Waals surface area contributed by atoms with Crippen LogP contribution in [-0.4, -0.2) is 57.1 Å². The van der Waals surface area contributed by atoms with Gasteiger partial charge < -0.3 is 28.1 Å². The first-order chi connectivity index (χ1) is 15.6. The highest BCUT2D eigenvalue weighted by Crippen LogP contribution is 2.54. The van der Waals surface area contributed by atoms with E-state index in [4.69, 9.17) is 23.3 Å². The summed E-state index contributed by atoms with van der Waals surface area (Å²) in [7, 11) is -0.000164. The maximum Gasteiger partial charge on any atom is 0.509 e. The maximum atomic E-state index is 12.9. The number of fused-ring (bicyclic) bond motifs is 2. The summed E-state index contributed by atoms with van der Waals surface area (Å²) in [5.74, 6) is -0.857. The molecule has 2 aliphatic rings. The van der Waals surface area contributed by atoms with Crippen LogP contribution in [0.2, 0.25) is 0 Å². The van der Waals surface area contributed by atoms with Crippen LogP contribution in [0.25, 0.3) is 0 Å². The van der Waals surface area contributed by atoms with E-state index in [1.54, 1.807) is 0 Å². The van der Waals surface area contributed by atoms with Crippen LogP contribution in [-0.2, 0) is 37.4 Å². The fourth-order valence-corrected chi connectivity index (χ4v) is 6.16. The van der Waals surface area contributed by atoms with E-state index in [0.717, 1.165) is 11.9 Å². The molecule has 1 saturated heterocycles. The van der Waals surface area contributed by atoms with Crippen molar-refractivity contribution in [1.29, 1.82) is 0 Å². The lowest BCUT2D eigenvalue weighted by Gasteiger charge is -2.40. The highest BCUT2D eigenvalue weighted by atomic mass is 31.2. The first-order valence-electron chi connectivity index (χ1n) is 11.1. The average molecular weight is 486 g/mol. The number of aldehydes is 1. The number of carbonyl (C=O) groups is 3. The first-order valence-corrected chi connectivity index (χ1v) is 12.7.